The first-order valence-corrected chi connectivity index (χ1v) is 11.0. The minimum Gasteiger partial charge on any atom is -0.497 e. The fraction of sp³-hybridized carbons (Fsp3) is 0.375. The molecule has 2 N–H and O–H groups in total. The first-order chi connectivity index (χ1) is 15.5. The molecule has 0 saturated carbocycles. The van der Waals surface area contributed by atoms with E-state index in [9.17, 15) is 4.79 Å². The maximum absolute atomic E-state index is 12.5. The van der Waals surface area contributed by atoms with Crippen LogP contribution in [0.4, 0.5) is 17.3 Å². The number of rotatable bonds is 7. The Balaban J connectivity index is 1.38. The van der Waals surface area contributed by atoms with Crippen molar-refractivity contribution in [2.45, 2.75) is 13.8 Å². The van der Waals surface area contributed by atoms with Gasteiger partial charge in [-0.05, 0) is 54.4 Å². The molecule has 0 amide bonds. The Labute approximate surface area is 188 Å². The topological polar surface area (TPSA) is 86.4 Å². The lowest BCUT2D eigenvalue weighted by Crippen LogP contribution is -2.47. The highest BCUT2D eigenvalue weighted by Crippen LogP contribution is 2.22. The van der Waals surface area contributed by atoms with E-state index in [-0.39, 0.29) is 11.3 Å². The van der Waals surface area contributed by atoms with Gasteiger partial charge >= 0.3 is 0 Å². The number of H-pyrrole nitrogens is 1. The van der Waals surface area contributed by atoms with E-state index in [0.717, 1.165) is 44.2 Å². The number of ether oxygens (including phenoxy) is 1. The van der Waals surface area contributed by atoms with Crippen LogP contribution in [0.5, 0.6) is 5.75 Å². The molecule has 0 atom stereocenters. The molecule has 0 aliphatic carbocycles. The van der Waals surface area contributed by atoms with E-state index in [0.29, 0.717) is 17.4 Å². The van der Waals surface area contributed by atoms with Crippen molar-refractivity contribution in [1.29, 1.82) is 0 Å². The van der Waals surface area contributed by atoms with Crippen molar-refractivity contribution < 1.29 is 4.74 Å². The number of anilines is 3. The molecular formula is C24H30N6O2. The molecule has 32 heavy (non-hydrogen) atoms. The number of hydrogen-bond donors (Lipinski definition) is 2. The van der Waals surface area contributed by atoms with Gasteiger partial charge in [0.25, 0.3) is 5.56 Å². The van der Waals surface area contributed by atoms with Crippen LogP contribution < -0.4 is 20.5 Å². The standard InChI is InChI=1S/C24H30N6O2/c1-17(2)16-29-12-14-30(15-13-29)20-8-6-19(7-9-20)25-24-26-23(31)22(27-28-24)18-4-10-21(32-3)11-5-18/h4-11,17H,12-16H2,1-3H3,(H2,25,26,28,31). The van der Waals surface area contributed by atoms with Gasteiger partial charge in [0.15, 0.2) is 5.69 Å². The molecule has 0 bridgehead atoms. The molecule has 4 rings (SSSR count). The number of nitrogens with zero attached hydrogens (tertiary/aromatic N) is 4. The molecule has 1 aliphatic heterocycles. The number of hydrogen-bond acceptors (Lipinski definition) is 7. The van der Waals surface area contributed by atoms with Crippen LogP contribution in [0.25, 0.3) is 11.3 Å². The quantitative estimate of drug-likeness (QED) is 0.590. The van der Waals surface area contributed by atoms with E-state index in [4.69, 9.17) is 4.74 Å². The van der Waals surface area contributed by atoms with Gasteiger partial charge in [0.1, 0.15) is 5.75 Å². The summed E-state index contributed by atoms with van der Waals surface area (Å²) in [4.78, 5) is 20.2. The molecule has 1 saturated heterocycles. The van der Waals surface area contributed by atoms with Crippen molar-refractivity contribution in [3.05, 3.63) is 58.9 Å². The maximum Gasteiger partial charge on any atom is 0.279 e. The SMILES string of the molecule is COc1ccc(-c2nnc(Nc3ccc(N4CCN(CC(C)C)CC4)cc3)[nH]c2=O)cc1. The van der Waals surface area contributed by atoms with E-state index in [2.05, 4.69) is 56.3 Å². The Morgan fingerprint density at radius 2 is 1.69 bits per heavy atom. The molecule has 1 aromatic heterocycles. The molecule has 2 heterocycles. The third-order valence-electron chi connectivity index (χ3n) is 5.55. The van der Waals surface area contributed by atoms with Crippen molar-refractivity contribution in [1.82, 2.24) is 20.1 Å². The summed E-state index contributed by atoms with van der Waals surface area (Å²) in [6.07, 6.45) is 0. The zero-order valence-corrected chi connectivity index (χ0v) is 18.8. The molecule has 8 nitrogen and oxygen atoms in total. The van der Waals surface area contributed by atoms with Crippen molar-refractivity contribution >= 4 is 17.3 Å². The fourth-order valence-corrected chi connectivity index (χ4v) is 3.93. The summed E-state index contributed by atoms with van der Waals surface area (Å²) in [5, 5.41) is 11.4. The van der Waals surface area contributed by atoms with Gasteiger partial charge in [-0.15, -0.1) is 10.2 Å². The van der Waals surface area contributed by atoms with Crippen molar-refractivity contribution in [3.63, 3.8) is 0 Å². The summed E-state index contributed by atoms with van der Waals surface area (Å²) >= 11 is 0. The summed E-state index contributed by atoms with van der Waals surface area (Å²) in [6, 6.07) is 15.3. The largest absolute Gasteiger partial charge is 0.497 e. The van der Waals surface area contributed by atoms with Gasteiger partial charge in [0.05, 0.1) is 7.11 Å². The van der Waals surface area contributed by atoms with Gasteiger partial charge in [-0.3, -0.25) is 14.7 Å². The average Bonchev–Trinajstić information content (AvgIpc) is 2.80. The highest BCUT2D eigenvalue weighted by Gasteiger charge is 2.17. The summed E-state index contributed by atoms with van der Waals surface area (Å²) in [5.74, 6) is 1.73. The lowest BCUT2D eigenvalue weighted by Gasteiger charge is -2.36. The minimum absolute atomic E-state index is 0.269. The van der Waals surface area contributed by atoms with Gasteiger partial charge in [-0.25, -0.2) is 0 Å². The van der Waals surface area contributed by atoms with Crippen LogP contribution in [-0.2, 0) is 0 Å². The molecule has 0 radical (unpaired) electrons. The molecule has 168 valence electrons. The molecule has 2 aromatic carbocycles. The Bertz CT molecular complexity index is 1070. The Morgan fingerprint density at radius 1 is 1.00 bits per heavy atom. The maximum atomic E-state index is 12.5. The van der Waals surface area contributed by atoms with Crippen molar-refractivity contribution in [2.75, 3.05) is 50.1 Å². The number of benzene rings is 2. The predicted molar refractivity (Wildman–Crippen MR) is 128 cm³/mol. The highest BCUT2D eigenvalue weighted by molar-refractivity contribution is 5.61. The zero-order chi connectivity index (χ0) is 22.5. The van der Waals surface area contributed by atoms with Gasteiger partial charge in [-0.1, -0.05) is 13.8 Å². The molecular weight excluding hydrogens is 404 g/mol. The van der Waals surface area contributed by atoms with E-state index in [1.54, 1.807) is 31.4 Å². The first-order valence-electron chi connectivity index (χ1n) is 11.0. The van der Waals surface area contributed by atoms with Crippen LogP contribution in [0, 0.1) is 5.92 Å². The van der Waals surface area contributed by atoms with E-state index >= 15 is 0 Å². The lowest BCUT2D eigenvalue weighted by molar-refractivity contribution is 0.231. The van der Waals surface area contributed by atoms with Gasteiger partial charge < -0.3 is 15.0 Å². The smallest absolute Gasteiger partial charge is 0.279 e. The van der Waals surface area contributed by atoms with Gasteiger partial charge in [0, 0.05) is 49.7 Å². The molecule has 0 unspecified atom stereocenters. The average molecular weight is 435 g/mol. The van der Waals surface area contributed by atoms with Crippen molar-refractivity contribution in [2.24, 2.45) is 5.92 Å². The summed E-state index contributed by atoms with van der Waals surface area (Å²) in [7, 11) is 1.60. The number of nitrogens with one attached hydrogen (secondary N) is 2. The molecule has 1 aliphatic rings. The second-order valence-electron chi connectivity index (χ2n) is 8.43. The van der Waals surface area contributed by atoms with Crippen LogP contribution in [0.2, 0.25) is 0 Å². The summed E-state index contributed by atoms with van der Waals surface area (Å²) in [5.41, 5.74) is 2.70. The molecule has 3 aromatic rings. The molecule has 8 heteroatoms. The number of piperazine rings is 1. The fourth-order valence-electron chi connectivity index (χ4n) is 3.93. The Morgan fingerprint density at radius 3 is 2.28 bits per heavy atom. The van der Waals surface area contributed by atoms with Crippen LogP contribution >= 0.6 is 0 Å². The molecule has 1 fully saturated rings. The number of aromatic nitrogens is 3. The lowest BCUT2D eigenvalue weighted by atomic mass is 10.1. The Kier molecular flexibility index (Phi) is 6.70. The third-order valence-corrected chi connectivity index (χ3v) is 5.55. The number of aromatic amines is 1. The zero-order valence-electron chi connectivity index (χ0n) is 18.8. The normalized spacial score (nSPS) is 14.6. The van der Waals surface area contributed by atoms with Gasteiger partial charge in [0.2, 0.25) is 5.95 Å². The summed E-state index contributed by atoms with van der Waals surface area (Å²) in [6.45, 7) is 9.94. The van der Waals surface area contributed by atoms with Crippen molar-refractivity contribution in [3.8, 4) is 17.0 Å². The predicted octanol–water partition coefficient (Wildman–Crippen LogP) is 3.36. The molecule has 0 spiro atoms. The second-order valence-corrected chi connectivity index (χ2v) is 8.43. The van der Waals surface area contributed by atoms with Crippen LogP contribution in [0.15, 0.2) is 53.3 Å². The van der Waals surface area contributed by atoms with Crippen LogP contribution in [-0.4, -0.2) is 59.9 Å². The van der Waals surface area contributed by atoms with Crippen LogP contribution in [0.1, 0.15) is 13.8 Å². The summed E-state index contributed by atoms with van der Waals surface area (Å²) < 4.78 is 5.15. The monoisotopic (exact) mass is 434 g/mol. The van der Waals surface area contributed by atoms with Crippen LogP contribution in [0.3, 0.4) is 0 Å². The minimum atomic E-state index is -0.302. The highest BCUT2D eigenvalue weighted by atomic mass is 16.5. The third kappa shape index (κ3) is 5.26. The first kappa shape index (κ1) is 21.8. The van der Waals surface area contributed by atoms with E-state index < -0.39 is 0 Å². The Hall–Kier alpha value is -3.39. The van der Waals surface area contributed by atoms with Gasteiger partial charge in [-0.2, -0.15) is 0 Å². The van der Waals surface area contributed by atoms with E-state index in [1.807, 2.05) is 12.1 Å². The second kappa shape index (κ2) is 9.82. The van der Waals surface area contributed by atoms with E-state index in [1.165, 1.54) is 5.69 Å². The number of methoxy groups -OCH3 is 1.